The average Bonchev–Trinajstić information content (AvgIpc) is 2.34. The number of alkyl halides is 15. The molecular formula is C8H4F15NO3. The normalized spacial score (nSPS) is 15.4. The predicted molar refractivity (Wildman–Crippen MR) is 49.5 cm³/mol. The fourth-order valence-electron chi connectivity index (χ4n) is 1.02. The van der Waals surface area contributed by atoms with E-state index in [-0.39, 0.29) is 6.15 Å². The fourth-order valence-corrected chi connectivity index (χ4v) is 1.02. The number of ether oxygens (including phenoxy) is 1. The topological polar surface area (TPSA) is 81.5 Å². The molecule has 0 fully saturated rings. The third-order valence-electron chi connectivity index (χ3n) is 2.41. The Hall–Kier alpha value is -1.66. The van der Waals surface area contributed by atoms with Gasteiger partial charge >= 0.3 is 48.1 Å². The molecule has 0 unspecified atom stereocenters. The van der Waals surface area contributed by atoms with Crippen LogP contribution in [0.3, 0.4) is 0 Å². The van der Waals surface area contributed by atoms with Crippen molar-refractivity contribution < 1.29 is 80.5 Å². The van der Waals surface area contributed by atoms with E-state index in [0.717, 1.165) is 0 Å². The molecule has 0 atom stereocenters. The molecule has 0 aromatic rings. The molecule has 0 radical (unpaired) electrons. The van der Waals surface area contributed by atoms with Crippen molar-refractivity contribution in [3.05, 3.63) is 0 Å². The molecule has 0 aromatic carbocycles. The van der Waals surface area contributed by atoms with Crippen LogP contribution in [0.1, 0.15) is 0 Å². The van der Waals surface area contributed by atoms with Crippen LogP contribution in [0.2, 0.25) is 0 Å². The highest BCUT2D eigenvalue weighted by Crippen LogP contribution is 2.60. The Labute approximate surface area is 136 Å². The van der Waals surface area contributed by atoms with Crippen molar-refractivity contribution in [2.75, 3.05) is 0 Å². The summed E-state index contributed by atoms with van der Waals surface area (Å²) >= 11 is 0. The number of carboxylic acid groups (broad SMARTS) is 1. The second-order valence-electron chi connectivity index (χ2n) is 4.24. The Kier molecular flexibility index (Phi) is 6.88. The third-order valence-corrected chi connectivity index (χ3v) is 2.41. The molecule has 0 saturated heterocycles. The van der Waals surface area contributed by atoms with Crippen LogP contribution in [-0.2, 0) is 9.53 Å². The van der Waals surface area contributed by atoms with Gasteiger partial charge in [0.15, 0.2) is 0 Å². The molecule has 0 spiro atoms. The largest absolute Gasteiger partial charge is 0.475 e. The molecule has 0 aliphatic carbocycles. The summed E-state index contributed by atoms with van der Waals surface area (Å²) in [6.45, 7) is 0. The molecular weight excluding hydrogens is 443 g/mol. The zero-order valence-electron chi connectivity index (χ0n) is 11.6. The average molecular weight is 447 g/mol. The Morgan fingerprint density at radius 1 is 0.593 bits per heavy atom. The number of hydrogen-bond donors (Lipinski definition) is 2. The smallest absolute Gasteiger partial charge is 0.460 e. The summed E-state index contributed by atoms with van der Waals surface area (Å²) in [6, 6.07) is 0. The molecule has 164 valence electrons. The minimum atomic E-state index is -8.36. The zero-order valence-corrected chi connectivity index (χ0v) is 11.6. The van der Waals surface area contributed by atoms with Crippen LogP contribution in [0.15, 0.2) is 0 Å². The van der Waals surface area contributed by atoms with E-state index < -0.39 is 48.1 Å². The van der Waals surface area contributed by atoms with E-state index in [1.807, 2.05) is 0 Å². The van der Waals surface area contributed by atoms with Gasteiger partial charge in [0, 0.05) is 0 Å². The second-order valence-corrected chi connectivity index (χ2v) is 4.24. The maximum Gasteiger partial charge on any atom is 0.460 e. The zero-order chi connectivity index (χ0) is 21.8. The first-order valence-electron chi connectivity index (χ1n) is 5.17. The minimum absolute atomic E-state index is 0. The van der Waals surface area contributed by atoms with Gasteiger partial charge in [-0.15, -0.1) is 0 Å². The summed E-state index contributed by atoms with van der Waals surface area (Å²) in [4.78, 5) is 9.71. The molecule has 0 rings (SSSR count). The van der Waals surface area contributed by atoms with Gasteiger partial charge in [0.1, 0.15) is 0 Å². The van der Waals surface area contributed by atoms with Crippen molar-refractivity contribution in [2.24, 2.45) is 0 Å². The molecule has 0 aromatic heterocycles. The molecule has 0 saturated carbocycles. The van der Waals surface area contributed by atoms with Crippen LogP contribution in [0.5, 0.6) is 0 Å². The number of halogens is 15. The van der Waals surface area contributed by atoms with E-state index in [1.54, 1.807) is 0 Å². The second kappa shape index (κ2) is 6.74. The number of hydrogen-bond acceptors (Lipinski definition) is 3. The fraction of sp³-hybridized carbons (Fsp3) is 0.875. The molecule has 4 N–H and O–H groups in total. The molecule has 0 aliphatic heterocycles. The first kappa shape index (κ1) is 27.6. The minimum Gasteiger partial charge on any atom is -0.475 e. The SMILES string of the molecule is N.O=C(O)C(F)(F)OC(F)(F)C(F)(F)C(F)(F)C(F)(F)C(F)(F)C(F)(F)F. The highest BCUT2D eigenvalue weighted by molar-refractivity contribution is 5.73. The molecule has 27 heavy (non-hydrogen) atoms. The molecule has 4 nitrogen and oxygen atoms in total. The molecule has 0 heterocycles. The maximum atomic E-state index is 12.9. The van der Waals surface area contributed by atoms with Gasteiger partial charge in [-0.05, 0) is 0 Å². The Bertz CT molecular complexity index is 554. The van der Waals surface area contributed by atoms with Gasteiger partial charge in [-0.1, -0.05) is 0 Å². The van der Waals surface area contributed by atoms with Crippen molar-refractivity contribution in [1.29, 1.82) is 0 Å². The molecule has 19 heteroatoms. The summed E-state index contributed by atoms with van der Waals surface area (Å²) in [5.41, 5.74) is 0. The van der Waals surface area contributed by atoms with Crippen LogP contribution in [0.25, 0.3) is 0 Å². The van der Waals surface area contributed by atoms with Gasteiger partial charge in [-0.3, -0.25) is 0 Å². The van der Waals surface area contributed by atoms with Crippen molar-refractivity contribution in [1.82, 2.24) is 6.15 Å². The van der Waals surface area contributed by atoms with Crippen LogP contribution >= 0.6 is 0 Å². The van der Waals surface area contributed by atoms with Gasteiger partial charge < -0.3 is 11.3 Å². The maximum absolute atomic E-state index is 12.9. The van der Waals surface area contributed by atoms with E-state index in [2.05, 4.69) is 0 Å². The summed E-state index contributed by atoms with van der Waals surface area (Å²) in [7, 11) is 0. The van der Waals surface area contributed by atoms with Crippen molar-refractivity contribution in [3.8, 4) is 0 Å². The summed E-state index contributed by atoms with van der Waals surface area (Å²) in [6.07, 6.45) is -21.8. The van der Waals surface area contributed by atoms with E-state index in [0.29, 0.717) is 0 Å². The van der Waals surface area contributed by atoms with E-state index in [9.17, 15) is 70.7 Å². The van der Waals surface area contributed by atoms with Gasteiger partial charge in [0.05, 0.1) is 0 Å². The first-order chi connectivity index (χ1) is 10.9. The lowest BCUT2D eigenvalue weighted by Crippen LogP contribution is -2.71. The standard InChI is InChI=1S/C8HF15O3.H3N/c9-2(10,1(24)25)26-8(22,23)6(17,18)4(13,14)3(11,12)5(15,16)7(19,20)21;/h(H,24,25);1H3. The van der Waals surface area contributed by atoms with Crippen molar-refractivity contribution >= 4 is 5.97 Å². The lowest BCUT2D eigenvalue weighted by atomic mass is 9.97. The highest BCUT2D eigenvalue weighted by atomic mass is 19.4. The third kappa shape index (κ3) is 3.97. The quantitative estimate of drug-likeness (QED) is 0.562. The van der Waals surface area contributed by atoms with Crippen molar-refractivity contribution in [3.63, 3.8) is 0 Å². The lowest BCUT2D eigenvalue weighted by Gasteiger charge is -2.39. The van der Waals surface area contributed by atoms with Gasteiger partial charge in [-0.2, -0.15) is 65.9 Å². The van der Waals surface area contributed by atoms with Crippen LogP contribution < -0.4 is 6.15 Å². The molecule has 0 aliphatic rings. The monoisotopic (exact) mass is 447 g/mol. The predicted octanol–water partition coefficient (Wildman–Crippen LogP) is 4.54. The van der Waals surface area contributed by atoms with Crippen molar-refractivity contribution in [2.45, 2.75) is 42.1 Å². The van der Waals surface area contributed by atoms with Crippen LogP contribution in [0.4, 0.5) is 65.9 Å². The number of carbonyl (C=O) groups is 1. The van der Waals surface area contributed by atoms with Gasteiger partial charge in [0.2, 0.25) is 0 Å². The molecule has 0 bridgehead atoms. The van der Waals surface area contributed by atoms with Gasteiger partial charge in [0.25, 0.3) is 0 Å². The Morgan fingerprint density at radius 3 is 1.15 bits per heavy atom. The van der Waals surface area contributed by atoms with Crippen LogP contribution in [0, 0.1) is 0 Å². The van der Waals surface area contributed by atoms with Gasteiger partial charge in [-0.25, -0.2) is 9.53 Å². The van der Waals surface area contributed by atoms with E-state index >= 15 is 0 Å². The Morgan fingerprint density at radius 2 is 0.889 bits per heavy atom. The number of carboxylic acids is 1. The van der Waals surface area contributed by atoms with E-state index in [1.165, 1.54) is 4.74 Å². The highest BCUT2D eigenvalue weighted by Gasteiger charge is 2.91. The molecule has 0 amide bonds. The first-order valence-corrected chi connectivity index (χ1v) is 5.17. The van der Waals surface area contributed by atoms with E-state index in [4.69, 9.17) is 5.11 Å². The van der Waals surface area contributed by atoms with Crippen LogP contribution in [-0.4, -0.2) is 53.2 Å². The summed E-state index contributed by atoms with van der Waals surface area (Å²) < 4.78 is 188. The summed E-state index contributed by atoms with van der Waals surface area (Å²) in [5, 5.41) is 7.61. The Balaban J connectivity index is 0. The number of rotatable bonds is 7. The number of aliphatic carboxylic acids is 1. The summed E-state index contributed by atoms with van der Waals surface area (Å²) in [5.74, 6) is -36.7. The lowest BCUT2D eigenvalue weighted by molar-refractivity contribution is -0.487.